The predicted molar refractivity (Wildman–Crippen MR) is 71.8 cm³/mol. The van der Waals surface area contributed by atoms with Gasteiger partial charge in [0.1, 0.15) is 11.6 Å². The molecule has 1 aliphatic heterocycles. The van der Waals surface area contributed by atoms with Crippen LogP contribution in [0.1, 0.15) is 16.8 Å². The summed E-state index contributed by atoms with van der Waals surface area (Å²) in [5.74, 6) is -5.65. The van der Waals surface area contributed by atoms with Crippen molar-refractivity contribution < 1.29 is 31.9 Å². The van der Waals surface area contributed by atoms with Crippen LogP contribution in [0.2, 0.25) is 0 Å². The van der Waals surface area contributed by atoms with Crippen LogP contribution < -0.4 is 10.0 Å². The first-order chi connectivity index (χ1) is 10.1. The summed E-state index contributed by atoms with van der Waals surface area (Å²) in [5.41, 5.74) is -1.18. The molecule has 1 aliphatic rings. The van der Waals surface area contributed by atoms with E-state index in [2.05, 4.69) is 0 Å². The van der Waals surface area contributed by atoms with E-state index in [0.29, 0.717) is 12.1 Å². The molecule has 0 aromatic heterocycles. The van der Waals surface area contributed by atoms with Crippen LogP contribution in [0, 0.1) is 17.6 Å². The number of aromatic carboxylic acids is 1. The summed E-state index contributed by atoms with van der Waals surface area (Å²) < 4.78 is 49.2. The van der Waals surface area contributed by atoms with Gasteiger partial charge in [0, 0.05) is 24.9 Å². The molecule has 1 amide bonds. The average Bonchev–Trinajstić information content (AvgIpc) is 2.67. The molecule has 7 nitrogen and oxygen atoms in total. The van der Waals surface area contributed by atoms with Gasteiger partial charge >= 0.3 is 5.97 Å². The molecule has 22 heavy (non-hydrogen) atoms. The second-order valence-electron chi connectivity index (χ2n) is 4.99. The SMILES string of the molecule is NS(=O)(=O)CC1CC(=O)N(c2cc(C(=O)O)c(F)cc2F)C1. The molecule has 3 N–H and O–H groups in total. The van der Waals surface area contributed by atoms with Crippen molar-refractivity contribution >= 4 is 27.6 Å². The molecule has 0 spiro atoms. The van der Waals surface area contributed by atoms with E-state index in [4.69, 9.17) is 10.2 Å². The lowest BCUT2D eigenvalue weighted by Gasteiger charge is -2.18. The molecule has 0 saturated carbocycles. The summed E-state index contributed by atoms with van der Waals surface area (Å²) in [5, 5.41) is 13.7. The first kappa shape index (κ1) is 16.3. The number of nitrogens with two attached hydrogens (primary N) is 1. The number of benzene rings is 1. The minimum absolute atomic E-state index is 0.142. The molecule has 0 aliphatic carbocycles. The van der Waals surface area contributed by atoms with Crippen LogP contribution in [-0.2, 0) is 14.8 Å². The van der Waals surface area contributed by atoms with Gasteiger partial charge in [-0.15, -0.1) is 0 Å². The van der Waals surface area contributed by atoms with E-state index in [9.17, 15) is 26.8 Å². The topological polar surface area (TPSA) is 118 Å². The highest BCUT2D eigenvalue weighted by molar-refractivity contribution is 7.89. The Balaban J connectivity index is 2.34. The third kappa shape index (κ3) is 3.39. The smallest absolute Gasteiger partial charge is 0.338 e. The molecule has 1 unspecified atom stereocenters. The third-order valence-corrected chi connectivity index (χ3v) is 4.17. The zero-order valence-electron chi connectivity index (χ0n) is 11.1. The summed E-state index contributed by atoms with van der Waals surface area (Å²) >= 11 is 0. The maximum Gasteiger partial charge on any atom is 0.338 e. The van der Waals surface area contributed by atoms with Gasteiger partial charge in [0.25, 0.3) is 0 Å². The van der Waals surface area contributed by atoms with Crippen molar-refractivity contribution in [2.45, 2.75) is 6.42 Å². The van der Waals surface area contributed by atoms with Gasteiger partial charge in [0.05, 0.1) is 17.0 Å². The Hall–Kier alpha value is -2.07. The number of nitrogens with zero attached hydrogens (tertiary/aromatic N) is 1. The van der Waals surface area contributed by atoms with Gasteiger partial charge < -0.3 is 10.0 Å². The van der Waals surface area contributed by atoms with Gasteiger partial charge in [-0.3, -0.25) is 4.79 Å². The van der Waals surface area contributed by atoms with Gasteiger partial charge in [-0.1, -0.05) is 0 Å². The molecular formula is C12H12F2N2O5S. The number of carbonyl (C=O) groups excluding carboxylic acids is 1. The first-order valence-corrected chi connectivity index (χ1v) is 7.83. The van der Waals surface area contributed by atoms with Crippen molar-refractivity contribution in [3.05, 3.63) is 29.3 Å². The summed E-state index contributed by atoms with van der Waals surface area (Å²) in [6.45, 7) is -0.142. The minimum atomic E-state index is -3.80. The number of carboxylic acid groups (broad SMARTS) is 1. The minimum Gasteiger partial charge on any atom is -0.478 e. The Morgan fingerprint density at radius 1 is 1.36 bits per heavy atom. The number of anilines is 1. The van der Waals surface area contributed by atoms with Crippen LogP contribution in [0.3, 0.4) is 0 Å². The lowest BCUT2D eigenvalue weighted by molar-refractivity contribution is -0.117. The highest BCUT2D eigenvalue weighted by Gasteiger charge is 2.34. The van der Waals surface area contributed by atoms with E-state index in [0.717, 1.165) is 4.90 Å². The number of sulfonamides is 1. The van der Waals surface area contributed by atoms with E-state index in [1.807, 2.05) is 0 Å². The fourth-order valence-corrected chi connectivity index (χ4v) is 3.24. The number of carbonyl (C=O) groups is 2. The van der Waals surface area contributed by atoms with Gasteiger partial charge in [-0.05, 0) is 6.07 Å². The van der Waals surface area contributed by atoms with Crippen LogP contribution in [0.15, 0.2) is 12.1 Å². The fourth-order valence-electron chi connectivity index (χ4n) is 2.36. The molecule has 1 saturated heterocycles. The van der Waals surface area contributed by atoms with Crippen LogP contribution >= 0.6 is 0 Å². The summed E-state index contributed by atoms with van der Waals surface area (Å²) in [7, 11) is -3.80. The van der Waals surface area contributed by atoms with Crippen molar-refractivity contribution in [3.8, 4) is 0 Å². The molecule has 1 aromatic rings. The fraction of sp³-hybridized carbons (Fsp3) is 0.333. The predicted octanol–water partition coefficient (Wildman–Crippen LogP) is 0.304. The number of primary sulfonamides is 1. The van der Waals surface area contributed by atoms with Gasteiger partial charge in [0.2, 0.25) is 15.9 Å². The Morgan fingerprint density at radius 3 is 2.55 bits per heavy atom. The van der Waals surface area contributed by atoms with E-state index < -0.39 is 56.5 Å². The normalized spacial score (nSPS) is 18.8. The lowest BCUT2D eigenvalue weighted by atomic mass is 10.1. The largest absolute Gasteiger partial charge is 0.478 e. The van der Waals surface area contributed by atoms with Crippen molar-refractivity contribution in [3.63, 3.8) is 0 Å². The monoisotopic (exact) mass is 334 g/mol. The summed E-state index contributed by atoms with van der Waals surface area (Å²) in [4.78, 5) is 23.6. The molecule has 1 heterocycles. The van der Waals surface area contributed by atoms with Crippen molar-refractivity contribution in [2.24, 2.45) is 11.1 Å². The van der Waals surface area contributed by atoms with Gasteiger partial charge in [0.15, 0.2) is 0 Å². The number of amides is 1. The Bertz CT molecular complexity index is 750. The summed E-state index contributed by atoms with van der Waals surface area (Å²) in [6.07, 6.45) is -0.171. The van der Waals surface area contributed by atoms with Crippen LogP contribution in [0.5, 0.6) is 0 Å². The van der Waals surface area contributed by atoms with Crippen LogP contribution in [0.25, 0.3) is 0 Å². The Morgan fingerprint density at radius 2 is 2.00 bits per heavy atom. The van der Waals surface area contributed by atoms with E-state index >= 15 is 0 Å². The Labute approximate surface area is 124 Å². The van der Waals surface area contributed by atoms with Crippen molar-refractivity contribution in [2.75, 3.05) is 17.2 Å². The number of hydrogen-bond donors (Lipinski definition) is 2. The van der Waals surface area contributed by atoms with Gasteiger partial charge in [-0.2, -0.15) is 0 Å². The van der Waals surface area contributed by atoms with Crippen LogP contribution in [0.4, 0.5) is 14.5 Å². The van der Waals surface area contributed by atoms with E-state index in [1.54, 1.807) is 0 Å². The molecule has 1 aromatic carbocycles. The highest BCUT2D eigenvalue weighted by Crippen LogP contribution is 2.30. The second-order valence-corrected chi connectivity index (χ2v) is 6.65. The van der Waals surface area contributed by atoms with E-state index in [-0.39, 0.29) is 13.0 Å². The first-order valence-electron chi connectivity index (χ1n) is 6.11. The van der Waals surface area contributed by atoms with Crippen molar-refractivity contribution in [1.29, 1.82) is 0 Å². The average molecular weight is 334 g/mol. The highest BCUT2D eigenvalue weighted by atomic mass is 32.2. The van der Waals surface area contributed by atoms with Gasteiger partial charge in [-0.25, -0.2) is 27.1 Å². The Kier molecular flexibility index (Phi) is 4.16. The maximum atomic E-state index is 13.8. The molecule has 0 bridgehead atoms. The van der Waals surface area contributed by atoms with E-state index in [1.165, 1.54) is 0 Å². The standard InChI is InChI=1S/C12H12F2N2O5S/c13-8-3-9(14)10(2-7(8)12(18)19)16-4-6(1-11(16)17)5-22(15,20)21/h2-3,6H,1,4-5H2,(H,18,19)(H2,15,20,21). The third-order valence-electron chi connectivity index (χ3n) is 3.23. The molecule has 2 rings (SSSR count). The molecule has 1 atom stereocenters. The number of hydrogen-bond acceptors (Lipinski definition) is 4. The molecule has 1 fully saturated rings. The molecule has 120 valence electrons. The molecule has 0 radical (unpaired) electrons. The molecule has 10 heteroatoms. The van der Waals surface area contributed by atoms with Crippen LogP contribution in [-0.4, -0.2) is 37.7 Å². The number of rotatable bonds is 4. The second kappa shape index (κ2) is 5.61. The number of carboxylic acids is 1. The maximum absolute atomic E-state index is 13.8. The lowest BCUT2D eigenvalue weighted by Crippen LogP contribution is -2.28. The summed E-state index contributed by atoms with van der Waals surface area (Å²) in [6, 6.07) is 1.09. The quantitative estimate of drug-likeness (QED) is 0.821. The number of halogens is 2. The zero-order valence-corrected chi connectivity index (χ0v) is 11.9. The van der Waals surface area contributed by atoms with Crippen molar-refractivity contribution in [1.82, 2.24) is 0 Å². The molecular weight excluding hydrogens is 322 g/mol. The zero-order chi connectivity index (χ0) is 16.7.